The average Bonchev–Trinajstić information content (AvgIpc) is 3.36. The lowest BCUT2D eigenvalue weighted by atomic mass is 9.52. The summed E-state index contributed by atoms with van der Waals surface area (Å²) < 4.78 is 12.3. The van der Waals surface area contributed by atoms with Crippen molar-refractivity contribution in [3.8, 4) is 11.5 Å². The zero-order valence-electron chi connectivity index (χ0n) is 26.2. The second-order valence-electron chi connectivity index (χ2n) is 12.5. The van der Waals surface area contributed by atoms with Gasteiger partial charge in [-0.1, -0.05) is 6.07 Å². The smallest absolute Gasteiger partial charge is 0.415 e. The first-order chi connectivity index (χ1) is 22.0. The quantitative estimate of drug-likeness (QED) is 0.0734. The summed E-state index contributed by atoms with van der Waals surface area (Å²) >= 11 is 0. The van der Waals surface area contributed by atoms with Gasteiger partial charge in [-0.05, 0) is 70.2 Å². The van der Waals surface area contributed by atoms with Gasteiger partial charge in [0.2, 0.25) is 11.8 Å². The predicted molar refractivity (Wildman–Crippen MR) is 165 cm³/mol. The fourth-order valence-electron chi connectivity index (χ4n) is 7.75. The van der Waals surface area contributed by atoms with E-state index >= 15 is 0 Å². The number of likely N-dealkylation sites (tertiary alicyclic amines) is 1. The highest BCUT2D eigenvalue weighted by Crippen LogP contribution is 2.63. The lowest BCUT2D eigenvalue weighted by molar-refractivity contribution is -0.142. The van der Waals surface area contributed by atoms with Gasteiger partial charge in [-0.2, -0.15) is 0 Å². The molecule has 2 aliphatic heterocycles. The van der Waals surface area contributed by atoms with E-state index in [1.165, 1.54) is 4.90 Å². The number of guanidine groups is 1. The van der Waals surface area contributed by atoms with Gasteiger partial charge in [-0.15, -0.1) is 0 Å². The number of nitrogens with one attached hydrogen (secondary N) is 4. The summed E-state index contributed by atoms with van der Waals surface area (Å²) in [6.45, 7) is 3.36. The summed E-state index contributed by atoms with van der Waals surface area (Å²) in [5.74, 6) is -1.75. The number of hydrogen-bond donors (Lipinski definition) is 6. The van der Waals surface area contributed by atoms with Crippen molar-refractivity contribution in [2.45, 2.75) is 75.5 Å². The SMILES string of the molecule is CCN(CCNC(=O)[C@H](CCCNC(=N)N)NC(=O)CC(=O)O)C(=O)Oc1ccc2c3c1O[C@H]1C(=O)CCC4[C@@H](C2)N(C)CC[C@@]341. The molecule has 0 radical (unpaired) electrons. The van der Waals surface area contributed by atoms with E-state index < -0.39 is 47.9 Å². The maximum atomic E-state index is 13.3. The summed E-state index contributed by atoms with van der Waals surface area (Å²) in [4.78, 5) is 66.2. The molecule has 1 aromatic carbocycles. The standard InChI is InChI=1S/C31H43N7O8/c1-3-38(14-12-34-28(43)19(5-4-11-35-29(32)33)36-23(40)16-24(41)42)30(44)45-22-9-6-17-15-20-18-7-8-21(39)27-31(18,10-13-37(20)2)25(17)26(22)46-27/h6,9,18-20,27H,3-5,7-8,10-16H2,1-2H3,(H,34,43)(H,36,40)(H,41,42)(H4,32,33,35)/t18?,19-,20+,27-,31-/m0/s1. The number of carbonyl (C=O) groups excluding carboxylic acids is 4. The number of hydrogen-bond acceptors (Lipinski definition) is 9. The van der Waals surface area contributed by atoms with E-state index in [1.54, 1.807) is 13.0 Å². The number of carbonyl (C=O) groups is 5. The fourth-order valence-corrected chi connectivity index (χ4v) is 7.75. The second-order valence-corrected chi connectivity index (χ2v) is 12.5. The number of piperidine rings is 1. The van der Waals surface area contributed by atoms with Crippen LogP contribution in [0.1, 0.15) is 56.6 Å². The first-order valence-electron chi connectivity index (χ1n) is 15.9. The van der Waals surface area contributed by atoms with Crippen LogP contribution in [-0.4, -0.2) is 108 Å². The van der Waals surface area contributed by atoms with E-state index in [-0.39, 0.29) is 50.1 Å². The summed E-state index contributed by atoms with van der Waals surface area (Å²) in [6, 6.07) is 3.04. The third-order valence-electron chi connectivity index (χ3n) is 9.84. The minimum Gasteiger partial charge on any atom is -0.481 e. The van der Waals surface area contributed by atoms with E-state index in [4.69, 9.17) is 25.7 Å². The van der Waals surface area contributed by atoms with Crippen LogP contribution in [0.3, 0.4) is 0 Å². The Bertz CT molecular complexity index is 1420. The van der Waals surface area contributed by atoms with Crippen LogP contribution in [0.25, 0.3) is 0 Å². The van der Waals surface area contributed by atoms with Gasteiger partial charge in [-0.25, -0.2) is 4.79 Å². The molecule has 46 heavy (non-hydrogen) atoms. The van der Waals surface area contributed by atoms with Gasteiger partial charge in [0.1, 0.15) is 12.5 Å². The van der Waals surface area contributed by atoms with Crippen LogP contribution < -0.4 is 31.2 Å². The van der Waals surface area contributed by atoms with Gasteiger partial charge >= 0.3 is 12.1 Å². The molecule has 0 aromatic heterocycles. The molecule has 3 amide bonds. The number of aliphatic carboxylic acids is 1. The Hall–Kier alpha value is -4.40. The van der Waals surface area contributed by atoms with Crippen LogP contribution in [0.5, 0.6) is 11.5 Å². The third-order valence-corrected chi connectivity index (χ3v) is 9.84. The van der Waals surface area contributed by atoms with Crippen LogP contribution in [0.15, 0.2) is 12.1 Å². The van der Waals surface area contributed by atoms with Gasteiger partial charge < -0.3 is 46.1 Å². The molecule has 15 nitrogen and oxygen atoms in total. The lowest BCUT2D eigenvalue weighted by Crippen LogP contribution is -2.65. The van der Waals surface area contributed by atoms with Crippen molar-refractivity contribution < 1.29 is 38.6 Å². The van der Waals surface area contributed by atoms with Gasteiger partial charge in [0, 0.05) is 49.6 Å². The number of nitrogens with zero attached hydrogens (tertiary/aromatic N) is 2. The number of Topliss-reactive ketones (excluding diaryl/α,β-unsaturated/α-hetero) is 1. The number of nitrogens with two attached hydrogens (primary N) is 1. The highest BCUT2D eigenvalue weighted by atomic mass is 16.6. The molecule has 5 rings (SSSR count). The molecule has 2 heterocycles. The van der Waals surface area contributed by atoms with E-state index in [0.29, 0.717) is 30.6 Å². The molecule has 15 heteroatoms. The molecule has 1 spiro atoms. The maximum absolute atomic E-state index is 13.3. The lowest BCUT2D eigenvalue weighted by Gasteiger charge is -2.57. The molecule has 2 fully saturated rings. The first kappa shape index (κ1) is 33.0. The monoisotopic (exact) mass is 641 g/mol. The van der Waals surface area contributed by atoms with E-state index in [1.807, 2.05) is 6.07 Å². The Labute approximate surface area is 267 Å². The van der Waals surface area contributed by atoms with Crippen molar-refractivity contribution >= 4 is 35.6 Å². The minimum atomic E-state index is -1.32. The van der Waals surface area contributed by atoms with Crippen molar-refractivity contribution in [2.24, 2.45) is 11.7 Å². The Balaban J connectivity index is 1.23. The summed E-state index contributed by atoms with van der Waals surface area (Å²) in [6.07, 6.45) is 1.52. The topological polar surface area (TPSA) is 216 Å². The fraction of sp³-hybridized carbons (Fsp3) is 0.613. The van der Waals surface area contributed by atoms with Crippen molar-refractivity contribution in [1.29, 1.82) is 5.41 Å². The molecule has 5 atom stereocenters. The van der Waals surface area contributed by atoms with E-state index in [2.05, 4.69) is 27.9 Å². The van der Waals surface area contributed by atoms with Crippen molar-refractivity contribution in [1.82, 2.24) is 25.8 Å². The highest BCUT2D eigenvalue weighted by molar-refractivity contribution is 5.96. The Morgan fingerprint density at radius 1 is 1.26 bits per heavy atom. The molecule has 1 saturated heterocycles. The molecular weight excluding hydrogens is 598 g/mol. The molecule has 7 N–H and O–H groups in total. The molecule has 250 valence electrons. The van der Waals surface area contributed by atoms with Gasteiger partial charge in [0.25, 0.3) is 0 Å². The summed E-state index contributed by atoms with van der Waals surface area (Å²) in [5.41, 5.74) is 7.04. The number of rotatable bonds is 13. The Morgan fingerprint density at radius 3 is 2.76 bits per heavy atom. The van der Waals surface area contributed by atoms with Crippen LogP contribution in [0.4, 0.5) is 4.79 Å². The zero-order chi connectivity index (χ0) is 33.2. The number of benzene rings is 1. The van der Waals surface area contributed by atoms with Crippen LogP contribution in [-0.2, 0) is 31.0 Å². The van der Waals surface area contributed by atoms with E-state index in [0.717, 1.165) is 36.9 Å². The van der Waals surface area contributed by atoms with Crippen molar-refractivity contribution in [2.75, 3.05) is 39.8 Å². The summed E-state index contributed by atoms with van der Waals surface area (Å²) in [7, 11) is 2.15. The maximum Gasteiger partial charge on any atom is 0.415 e. The molecule has 1 aromatic rings. The van der Waals surface area contributed by atoms with Gasteiger partial charge in [0.05, 0.1) is 0 Å². The number of carboxylic acid groups (broad SMARTS) is 1. The number of ether oxygens (including phenoxy) is 2. The highest BCUT2D eigenvalue weighted by Gasteiger charge is 2.65. The second kappa shape index (κ2) is 13.5. The molecule has 1 unspecified atom stereocenters. The van der Waals surface area contributed by atoms with Crippen LogP contribution >= 0.6 is 0 Å². The molecular formula is C31H43N7O8. The van der Waals surface area contributed by atoms with Gasteiger partial charge in [0.15, 0.2) is 29.3 Å². The number of likely N-dealkylation sites (N-methyl/N-ethyl adjacent to an activating group) is 2. The van der Waals surface area contributed by atoms with Crippen molar-refractivity contribution in [3.63, 3.8) is 0 Å². The molecule has 4 aliphatic rings. The number of amides is 3. The van der Waals surface area contributed by atoms with Gasteiger partial charge in [-0.3, -0.25) is 24.6 Å². The number of carboxylic acids is 1. The number of ketones is 1. The van der Waals surface area contributed by atoms with Crippen molar-refractivity contribution in [3.05, 3.63) is 23.3 Å². The van der Waals surface area contributed by atoms with E-state index in [9.17, 15) is 24.0 Å². The first-order valence-corrected chi connectivity index (χ1v) is 15.9. The average molecular weight is 642 g/mol. The van der Waals surface area contributed by atoms with Crippen LogP contribution in [0, 0.1) is 11.3 Å². The summed E-state index contributed by atoms with van der Waals surface area (Å²) in [5, 5.41) is 23.9. The normalized spacial score (nSPS) is 24.6. The zero-order valence-corrected chi connectivity index (χ0v) is 26.2. The van der Waals surface area contributed by atoms with Crippen LogP contribution in [0.2, 0.25) is 0 Å². The third kappa shape index (κ3) is 6.32. The predicted octanol–water partition coefficient (Wildman–Crippen LogP) is 0.0844. The largest absolute Gasteiger partial charge is 0.481 e. The molecule has 1 saturated carbocycles. The Kier molecular flexibility index (Phi) is 9.70. The molecule has 2 aliphatic carbocycles. The Morgan fingerprint density at radius 2 is 2.04 bits per heavy atom. The molecule has 2 bridgehead atoms. The minimum absolute atomic E-state index is 0.0442.